The molecule has 0 spiro atoms. The van der Waals surface area contributed by atoms with Gasteiger partial charge in [-0.2, -0.15) is 0 Å². The quantitative estimate of drug-likeness (QED) is 0.919. The third kappa shape index (κ3) is 2.66. The van der Waals surface area contributed by atoms with Gasteiger partial charge in [0.2, 0.25) is 5.91 Å². The average molecular weight is 280 g/mol. The van der Waals surface area contributed by atoms with Crippen LogP contribution in [0.3, 0.4) is 0 Å². The summed E-state index contributed by atoms with van der Waals surface area (Å²) in [5.41, 5.74) is 1.07. The summed E-state index contributed by atoms with van der Waals surface area (Å²) >= 11 is 1.47. The number of piperazine rings is 1. The minimum Gasteiger partial charge on any atom is -0.353 e. The van der Waals surface area contributed by atoms with Crippen LogP contribution in [0.5, 0.6) is 0 Å². The fraction of sp³-hybridized carbons (Fsp3) is 0.571. The fourth-order valence-corrected chi connectivity index (χ4v) is 3.46. The highest BCUT2D eigenvalue weighted by Gasteiger charge is 2.36. The number of rotatable bonds is 3. The second-order valence-electron chi connectivity index (χ2n) is 5.11. The Morgan fingerprint density at radius 1 is 1.58 bits per heavy atom. The van der Waals surface area contributed by atoms with E-state index in [0.717, 1.165) is 16.9 Å². The number of hydrogen-bond acceptors (Lipinski definition) is 3. The summed E-state index contributed by atoms with van der Waals surface area (Å²) in [5, 5.41) is 4.79. The molecular weight excluding hydrogens is 260 g/mol. The number of carbonyl (C=O) groups is 2. The van der Waals surface area contributed by atoms with Crippen molar-refractivity contribution < 1.29 is 9.59 Å². The zero-order chi connectivity index (χ0) is 14.0. The van der Waals surface area contributed by atoms with Gasteiger partial charge in [0.25, 0.3) is 5.91 Å². The van der Waals surface area contributed by atoms with Crippen molar-refractivity contribution in [1.29, 1.82) is 0 Å². The predicted molar refractivity (Wildman–Crippen MR) is 76.4 cm³/mol. The molecule has 19 heavy (non-hydrogen) atoms. The highest BCUT2D eigenvalue weighted by Crippen LogP contribution is 2.23. The number of aryl methyl sites for hydroxylation is 1. The molecule has 2 rings (SSSR count). The standard InChI is InChI=1S/C14H20N2O2S/c1-4-10-5-8-19-12(10)14(18)16-7-6-15-13(17)11(16)9(2)3/h5,8-9,11H,4,6-7H2,1-3H3,(H,15,17)/t11-/m0/s1. The molecule has 2 heterocycles. The van der Waals surface area contributed by atoms with Gasteiger partial charge in [-0.15, -0.1) is 11.3 Å². The van der Waals surface area contributed by atoms with E-state index in [4.69, 9.17) is 0 Å². The highest BCUT2D eigenvalue weighted by atomic mass is 32.1. The normalized spacial score (nSPS) is 19.7. The van der Waals surface area contributed by atoms with E-state index >= 15 is 0 Å². The van der Waals surface area contributed by atoms with Crippen LogP contribution in [0.15, 0.2) is 11.4 Å². The molecular formula is C14H20N2O2S. The molecule has 0 saturated carbocycles. The van der Waals surface area contributed by atoms with Crippen LogP contribution >= 0.6 is 11.3 Å². The van der Waals surface area contributed by atoms with E-state index in [0.29, 0.717) is 13.1 Å². The van der Waals surface area contributed by atoms with E-state index in [2.05, 4.69) is 5.32 Å². The van der Waals surface area contributed by atoms with Crippen molar-refractivity contribution in [3.05, 3.63) is 21.9 Å². The molecule has 2 amide bonds. The largest absolute Gasteiger partial charge is 0.353 e. The molecule has 1 fully saturated rings. The molecule has 5 heteroatoms. The van der Waals surface area contributed by atoms with Gasteiger partial charge in [0.15, 0.2) is 0 Å². The molecule has 1 aliphatic rings. The first-order valence-electron chi connectivity index (χ1n) is 6.71. The number of thiophene rings is 1. The fourth-order valence-electron chi connectivity index (χ4n) is 2.51. The van der Waals surface area contributed by atoms with Crippen molar-refractivity contribution in [2.45, 2.75) is 33.2 Å². The van der Waals surface area contributed by atoms with Crippen molar-refractivity contribution >= 4 is 23.2 Å². The van der Waals surface area contributed by atoms with Gasteiger partial charge in [0.05, 0.1) is 4.88 Å². The number of amides is 2. The monoisotopic (exact) mass is 280 g/mol. The van der Waals surface area contributed by atoms with Crippen molar-refractivity contribution in [3.8, 4) is 0 Å². The summed E-state index contributed by atoms with van der Waals surface area (Å²) < 4.78 is 0. The van der Waals surface area contributed by atoms with Gasteiger partial charge >= 0.3 is 0 Å². The van der Waals surface area contributed by atoms with Crippen LogP contribution < -0.4 is 5.32 Å². The van der Waals surface area contributed by atoms with Crippen LogP contribution in [0.25, 0.3) is 0 Å². The molecule has 1 saturated heterocycles. The van der Waals surface area contributed by atoms with Gasteiger partial charge in [-0.1, -0.05) is 20.8 Å². The van der Waals surface area contributed by atoms with Gasteiger partial charge in [-0.25, -0.2) is 0 Å². The lowest BCUT2D eigenvalue weighted by Crippen LogP contribution is -2.59. The molecule has 1 N–H and O–H groups in total. The summed E-state index contributed by atoms with van der Waals surface area (Å²) in [4.78, 5) is 27.1. The molecule has 0 radical (unpaired) electrons. The van der Waals surface area contributed by atoms with Gasteiger partial charge in [-0.3, -0.25) is 9.59 Å². The zero-order valence-electron chi connectivity index (χ0n) is 11.6. The Hall–Kier alpha value is -1.36. The first-order chi connectivity index (χ1) is 9.06. The molecule has 1 aromatic heterocycles. The third-order valence-corrected chi connectivity index (χ3v) is 4.42. The summed E-state index contributed by atoms with van der Waals surface area (Å²) in [6, 6.07) is 1.64. The lowest BCUT2D eigenvalue weighted by Gasteiger charge is -2.37. The molecule has 0 aliphatic carbocycles. The van der Waals surface area contributed by atoms with Gasteiger partial charge in [0, 0.05) is 13.1 Å². The summed E-state index contributed by atoms with van der Waals surface area (Å²) in [6.07, 6.45) is 0.844. The smallest absolute Gasteiger partial charge is 0.264 e. The summed E-state index contributed by atoms with van der Waals surface area (Å²) in [5.74, 6) is 0.0823. The maximum absolute atomic E-state index is 12.7. The van der Waals surface area contributed by atoms with E-state index in [1.807, 2.05) is 32.2 Å². The average Bonchev–Trinajstić information content (AvgIpc) is 2.85. The second kappa shape index (κ2) is 5.74. The molecule has 1 aromatic rings. The minimum atomic E-state index is -0.354. The lowest BCUT2D eigenvalue weighted by molar-refractivity contribution is -0.129. The Balaban J connectivity index is 2.28. The van der Waals surface area contributed by atoms with Crippen molar-refractivity contribution in [2.75, 3.05) is 13.1 Å². The maximum atomic E-state index is 12.7. The van der Waals surface area contributed by atoms with E-state index in [1.165, 1.54) is 11.3 Å². The molecule has 0 aromatic carbocycles. The van der Waals surface area contributed by atoms with Crippen LogP contribution in [0.1, 0.15) is 36.0 Å². The van der Waals surface area contributed by atoms with Crippen LogP contribution in [0.2, 0.25) is 0 Å². The molecule has 1 atom stereocenters. The Kier molecular flexibility index (Phi) is 4.24. The Bertz CT molecular complexity index is 482. The van der Waals surface area contributed by atoms with Crippen LogP contribution in [0.4, 0.5) is 0 Å². The molecule has 0 bridgehead atoms. The summed E-state index contributed by atoms with van der Waals surface area (Å²) in [6.45, 7) is 7.13. The lowest BCUT2D eigenvalue weighted by atomic mass is 9.99. The number of nitrogens with zero attached hydrogens (tertiary/aromatic N) is 1. The van der Waals surface area contributed by atoms with E-state index < -0.39 is 0 Å². The Labute approximate surface area is 117 Å². The Morgan fingerprint density at radius 2 is 2.32 bits per heavy atom. The topological polar surface area (TPSA) is 49.4 Å². The minimum absolute atomic E-state index is 0.000370. The maximum Gasteiger partial charge on any atom is 0.264 e. The summed E-state index contributed by atoms with van der Waals surface area (Å²) in [7, 11) is 0. The zero-order valence-corrected chi connectivity index (χ0v) is 12.4. The Morgan fingerprint density at radius 3 is 2.95 bits per heavy atom. The van der Waals surface area contributed by atoms with Gasteiger partial charge < -0.3 is 10.2 Å². The molecule has 0 unspecified atom stereocenters. The first kappa shape index (κ1) is 14.1. The van der Waals surface area contributed by atoms with E-state index in [-0.39, 0.29) is 23.8 Å². The van der Waals surface area contributed by atoms with Crippen molar-refractivity contribution in [3.63, 3.8) is 0 Å². The predicted octanol–water partition coefficient (Wildman–Crippen LogP) is 1.91. The number of nitrogens with one attached hydrogen (secondary N) is 1. The first-order valence-corrected chi connectivity index (χ1v) is 7.59. The van der Waals surface area contributed by atoms with Crippen molar-refractivity contribution in [1.82, 2.24) is 10.2 Å². The number of hydrogen-bond donors (Lipinski definition) is 1. The third-order valence-electron chi connectivity index (χ3n) is 3.47. The van der Waals surface area contributed by atoms with Crippen LogP contribution in [-0.2, 0) is 11.2 Å². The van der Waals surface area contributed by atoms with E-state index in [1.54, 1.807) is 4.90 Å². The van der Waals surface area contributed by atoms with Crippen LogP contribution in [0, 0.1) is 5.92 Å². The van der Waals surface area contributed by atoms with Gasteiger partial charge in [-0.05, 0) is 29.3 Å². The number of carbonyl (C=O) groups excluding carboxylic acids is 2. The van der Waals surface area contributed by atoms with E-state index in [9.17, 15) is 9.59 Å². The molecule has 104 valence electrons. The SMILES string of the molecule is CCc1ccsc1C(=O)N1CCNC(=O)[C@@H]1C(C)C. The highest BCUT2D eigenvalue weighted by molar-refractivity contribution is 7.12. The van der Waals surface area contributed by atoms with Crippen molar-refractivity contribution in [2.24, 2.45) is 5.92 Å². The van der Waals surface area contributed by atoms with Crippen LogP contribution in [-0.4, -0.2) is 35.8 Å². The second-order valence-corrected chi connectivity index (χ2v) is 6.02. The molecule has 4 nitrogen and oxygen atoms in total. The van der Waals surface area contributed by atoms with Gasteiger partial charge in [0.1, 0.15) is 6.04 Å². The molecule has 1 aliphatic heterocycles.